The Kier molecular flexibility index (Phi) is 6.32. The Bertz CT molecular complexity index is 489. The molecule has 3 rings (SSSR count). The Morgan fingerprint density at radius 2 is 2.08 bits per heavy atom. The van der Waals surface area contributed by atoms with Crippen LogP contribution in [-0.2, 0) is 20.8 Å². The van der Waals surface area contributed by atoms with Gasteiger partial charge >= 0.3 is 0 Å². The molecule has 0 aromatic carbocycles. The number of furan rings is 1. The third kappa shape index (κ3) is 4.61. The second-order valence-electron chi connectivity index (χ2n) is 6.95. The Morgan fingerprint density at radius 1 is 1.29 bits per heavy atom. The van der Waals surface area contributed by atoms with Gasteiger partial charge in [0.15, 0.2) is 0 Å². The van der Waals surface area contributed by atoms with Crippen molar-refractivity contribution < 1.29 is 18.7 Å². The van der Waals surface area contributed by atoms with Gasteiger partial charge in [-0.15, -0.1) is 0 Å². The summed E-state index contributed by atoms with van der Waals surface area (Å²) >= 11 is 0. The number of hydrogen-bond donors (Lipinski definition) is 0. The first-order valence-corrected chi connectivity index (χ1v) is 9.30. The van der Waals surface area contributed by atoms with Crippen LogP contribution in [0.25, 0.3) is 0 Å². The maximum Gasteiger partial charge on any atom is 0.252 e. The zero-order valence-electron chi connectivity index (χ0n) is 14.6. The second-order valence-corrected chi connectivity index (χ2v) is 6.95. The van der Waals surface area contributed by atoms with Crippen molar-refractivity contribution in [2.24, 2.45) is 0 Å². The van der Waals surface area contributed by atoms with Crippen molar-refractivity contribution in [2.45, 2.75) is 76.7 Å². The van der Waals surface area contributed by atoms with Crippen LogP contribution in [0, 0.1) is 0 Å². The van der Waals surface area contributed by atoms with Gasteiger partial charge in [-0.1, -0.05) is 12.8 Å². The standard InChI is InChI=1S/C19H29NO4/c1-15(24-14-18-9-4-5-11-23-18)19(21)20(16-7-2-3-8-16)13-17-10-6-12-22-17/h6,10,12,15-16,18H,2-5,7-9,11,13-14H2,1H3. The fraction of sp³-hybridized carbons (Fsp3) is 0.737. The predicted molar refractivity (Wildman–Crippen MR) is 90.5 cm³/mol. The average Bonchev–Trinajstić information content (AvgIpc) is 3.31. The van der Waals surface area contributed by atoms with E-state index in [2.05, 4.69) is 0 Å². The van der Waals surface area contributed by atoms with E-state index in [9.17, 15) is 4.79 Å². The van der Waals surface area contributed by atoms with Gasteiger partial charge in [0.2, 0.25) is 0 Å². The first-order chi connectivity index (χ1) is 11.7. The molecule has 2 aliphatic rings. The van der Waals surface area contributed by atoms with Gasteiger partial charge in [-0.2, -0.15) is 0 Å². The van der Waals surface area contributed by atoms with Crippen LogP contribution in [0.3, 0.4) is 0 Å². The van der Waals surface area contributed by atoms with Crippen molar-refractivity contribution in [1.29, 1.82) is 0 Å². The Hall–Kier alpha value is -1.33. The highest BCUT2D eigenvalue weighted by molar-refractivity contribution is 5.80. The van der Waals surface area contributed by atoms with E-state index in [0.29, 0.717) is 19.2 Å². The molecular weight excluding hydrogens is 306 g/mol. The summed E-state index contributed by atoms with van der Waals surface area (Å²) in [4.78, 5) is 14.9. The molecular formula is C19H29NO4. The second kappa shape index (κ2) is 8.67. The van der Waals surface area contributed by atoms with Crippen molar-refractivity contribution >= 4 is 5.91 Å². The number of carbonyl (C=O) groups excluding carboxylic acids is 1. The summed E-state index contributed by atoms with van der Waals surface area (Å²) in [7, 11) is 0. The van der Waals surface area contributed by atoms with Crippen LogP contribution in [0.2, 0.25) is 0 Å². The van der Waals surface area contributed by atoms with Gasteiger partial charge in [0.1, 0.15) is 11.9 Å². The van der Waals surface area contributed by atoms with Crippen LogP contribution >= 0.6 is 0 Å². The Balaban J connectivity index is 1.56. The largest absolute Gasteiger partial charge is 0.467 e. The lowest BCUT2D eigenvalue weighted by atomic mass is 10.1. The van der Waals surface area contributed by atoms with Crippen LogP contribution in [0.4, 0.5) is 0 Å². The molecule has 2 atom stereocenters. The lowest BCUT2D eigenvalue weighted by Gasteiger charge is -2.31. The lowest BCUT2D eigenvalue weighted by Crippen LogP contribution is -2.44. The van der Waals surface area contributed by atoms with E-state index in [1.165, 1.54) is 19.3 Å². The molecule has 5 nitrogen and oxygen atoms in total. The summed E-state index contributed by atoms with van der Waals surface area (Å²) in [6, 6.07) is 4.10. The fourth-order valence-electron chi connectivity index (χ4n) is 3.67. The van der Waals surface area contributed by atoms with Crippen molar-refractivity contribution in [3.8, 4) is 0 Å². The van der Waals surface area contributed by atoms with Crippen LogP contribution in [0.15, 0.2) is 22.8 Å². The molecule has 0 N–H and O–H groups in total. The number of hydrogen-bond acceptors (Lipinski definition) is 4. The van der Waals surface area contributed by atoms with Gasteiger partial charge in [-0.25, -0.2) is 0 Å². The number of nitrogens with zero attached hydrogens (tertiary/aromatic N) is 1. The third-order valence-electron chi connectivity index (χ3n) is 5.11. The van der Waals surface area contributed by atoms with Crippen molar-refractivity contribution in [3.63, 3.8) is 0 Å². The molecule has 0 spiro atoms. The summed E-state index contributed by atoms with van der Waals surface area (Å²) in [5.41, 5.74) is 0. The summed E-state index contributed by atoms with van der Waals surface area (Å²) in [5, 5.41) is 0. The van der Waals surface area contributed by atoms with Crippen molar-refractivity contribution in [3.05, 3.63) is 24.2 Å². The molecule has 2 fully saturated rings. The maximum absolute atomic E-state index is 12.9. The normalized spacial score (nSPS) is 23.3. The third-order valence-corrected chi connectivity index (χ3v) is 5.11. The zero-order chi connectivity index (χ0) is 16.8. The van der Waals surface area contributed by atoms with Gasteiger partial charge in [0.05, 0.1) is 25.5 Å². The van der Waals surface area contributed by atoms with E-state index >= 15 is 0 Å². The molecule has 5 heteroatoms. The summed E-state index contributed by atoms with van der Waals surface area (Å²) in [6.07, 6.45) is 9.23. The van der Waals surface area contributed by atoms with Crippen LogP contribution in [0.5, 0.6) is 0 Å². The minimum atomic E-state index is -0.439. The molecule has 1 amide bonds. The van der Waals surface area contributed by atoms with E-state index in [0.717, 1.165) is 38.1 Å². The molecule has 1 saturated heterocycles. The Labute approximate surface area is 144 Å². The van der Waals surface area contributed by atoms with Gasteiger partial charge < -0.3 is 18.8 Å². The fourth-order valence-corrected chi connectivity index (χ4v) is 3.67. The predicted octanol–water partition coefficient (Wildman–Crippen LogP) is 3.53. The molecule has 1 saturated carbocycles. The first kappa shape index (κ1) is 17.5. The topological polar surface area (TPSA) is 51.9 Å². The number of rotatable bonds is 7. The van der Waals surface area contributed by atoms with Gasteiger partial charge in [0.25, 0.3) is 5.91 Å². The summed E-state index contributed by atoms with van der Waals surface area (Å²) in [5.74, 6) is 0.896. The highest BCUT2D eigenvalue weighted by Gasteiger charge is 2.31. The molecule has 24 heavy (non-hydrogen) atoms. The minimum absolute atomic E-state index is 0.0640. The molecule has 2 unspecified atom stereocenters. The zero-order valence-corrected chi connectivity index (χ0v) is 14.6. The summed E-state index contributed by atoms with van der Waals surface area (Å²) in [6.45, 7) is 3.70. The van der Waals surface area contributed by atoms with E-state index in [1.54, 1.807) is 6.26 Å². The van der Waals surface area contributed by atoms with Crippen LogP contribution in [0.1, 0.15) is 57.6 Å². The van der Waals surface area contributed by atoms with E-state index in [4.69, 9.17) is 13.9 Å². The van der Waals surface area contributed by atoms with Crippen molar-refractivity contribution in [2.75, 3.05) is 13.2 Å². The number of carbonyl (C=O) groups is 1. The molecule has 1 aliphatic carbocycles. The summed E-state index contributed by atoms with van der Waals surface area (Å²) < 4.78 is 17.0. The molecule has 134 valence electrons. The lowest BCUT2D eigenvalue weighted by molar-refractivity contribution is -0.149. The number of ether oxygens (including phenoxy) is 2. The molecule has 2 heterocycles. The van der Waals surface area contributed by atoms with E-state index < -0.39 is 6.10 Å². The smallest absolute Gasteiger partial charge is 0.252 e. The molecule has 1 aromatic rings. The van der Waals surface area contributed by atoms with Gasteiger partial charge in [0, 0.05) is 12.6 Å². The average molecular weight is 335 g/mol. The highest BCUT2D eigenvalue weighted by Crippen LogP contribution is 2.26. The Morgan fingerprint density at radius 3 is 2.75 bits per heavy atom. The van der Waals surface area contributed by atoms with Crippen LogP contribution < -0.4 is 0 Å². The molecule has 1 aromatic heterocycles. The maximum atomic E-state index is 12.9. The van der Waals surface area contributed by atoms with E-state index in [-0.39, 0.29) is 12.0 Å². The number of amides is 1. The SMILES string of the molecule is CC(OCC1CCCCO1)C(=O)N(Cc1ccco1)C1CCCC1. The van der Waals surface area contributed by atoms with Crippen LogP contribution in [-0.4, -0.2) is 42.3 Å². The van der Waals surface area contributed by atoms with Gasteiger partial charge in [-0.3, -0.25) is 4.79 Å². The molecule has 1 aliphatic heterocycles. The quantitative estimate of drug-likeness (QED) is 0.765. The molecule has 0 bridgehead atoms. The van der Waals surface area contributed by atoms with E-state index in [1.807, 2.05) is 24.0 Å². The van der Waals surface area contributed by atoms with Crippen molar-refractivity contribution in [1.82, 2.24) is 4.90 Å². The first-order valence-electron chi connectivity index (χ1n) is 9.30. The monoisotopic (exact) mass is 335 g/mol. The highest BCUT2D eigenvalue weighted by atomic mass is 16.5. The minimum Gasteiger partial charge on any atom is -0.467 e. The molecule has 0 radical (unpaired) electrons. The van der Waals surface area contributed by atoms with Gasteiger partial charge in [-0.05, 0) is 51.2 Å².